The van der Waals surface area contributed by atoms with E-state index in [1.807, 2.05) is 6.07 Å². The van der Waals surface area contributed by atoms with Gasteiger partial charge in [-0.25, -0.2) is 0 Å². The third-order valence-corrected chi connectivity index (χ3v) is 18.4. The van der Waals surface area contributed by atoms with E-state index in [-0.39, 0.29) is 11.3 Å². The number of nitrogens with one attached hydrogen (secondary N) is 1. The topological polar surface area (TPSA) is 15.3 Å². The van der Waals surface area contributed by atoms with Crippen LogP contribution < -0.4 is 31.0 Å². The van der Waals surface area contributed by atoms with Crippen molar-refractivity contribution in [1.29, 1.82) is 0 Å². The lowest BCUT2D eigenvalue weighted by molar-refractivity contribution is 0.485. The highest BCUT2D eigenvalue weighted by Crippen LogP contribution is 2.56. The molecule has 0 amide bonds. The summed E-state index contributed by atoms with van der Waals surface area (Å²) in [5.41, 5.74) is 11.9. The lowest BCUT2D eigenvalue weighted by Crippen LogP contribution is -2.74. The molecule has 300 valence electrons. The fraction of sp³-hybridized carbons (Fsp3) is 0.0690. The lowest BCUT2D eigenvalue weighted by atomic mass is 9.68. The fourth-order valence-corrected chi connectivity index (χ4v) is 15.4. The molecule has 4 heteroatoms. The number of fused-ring (bicyclic) bond motifs is 3. The van der Waals surface area contributed by atoms with E-state index in [0.717, 1.165) is 32.9 Å². The molecule has 0 heterocycles. The van der Waals surface area contributed by atoms with Crippen LogP contribution in [0.5, 0.6) is 0 Å². The number of hydrogen-bond acceptors (Lipinski definition) is 2. The summed E-state index contributed by atoms with van der Waals surface area (Å²) in [7, 11) is -2.82. The van der Waals surface area contributed by atoms with Gasteiger partial charge in [0.05, 0.1) is 0 Å². The van der Waals surface area contributed by atoms with Crippen LogP contribution in [0.3, 0.4) is 0 Å². The second-order valence-corrected chi connectivity index (χ2v) is 21.3. The van der Waals surface area contributed by atoms with Crippen LogP contribution in [0, 0.1) is 0 Å². The Kier molecular flexibility index (Phi) is 10.6. The van der Waals surface area contributed by atoms with Crippen molar-refractivity contribution in [2.24, 2.45) is 0 Å². The standard InChI is InChI=1S/C58H47BrN2Si/c1-42(43-33-35-46(36-34-43)60-45-20-7-3-8-21-45)58(2)56-32-16-15-31-54(56)55-41-49(37-38-57(55)58)61(47-22-9-4-10-23-47)48-24-18-30-53(40-48)62(50-25-11-5-12-26-50,51-27-13-6-14-28-51)52-29-17-19-44(59)39-52/h3-42,60H,1-2H3/t42-,58?/m1/s1. The molecule has 0 saturated carbocycles. The first-order valence-corrected chi connectivity index (χ1v) is 24.2. The average molecular weight is 880 g/mol. The van der Waals surface area contributed by atoms with Crippen molar-refractivity contribution < 1.29 is 0 Å². The molecule has 9 aromatic carbocycles. The molecule has 0 radical (unpaired) electrons. The lowest BCUT2D eigenvalue weighted by Gasteiger charge is -2.36. The van der Waals surface area contributed by atoms with Gasteiger partial charge in [-0.3, -0.25) is 0 Å². The molecule has 2 atom stereocenters. The van der Waals surface area contributed by atoms with Crippen LogP contribution in [0.15, 0.2) is 241 Å². The molecule has 0 bridgehead atoms. The van der Waals surface area contributed by atoms with Crippen molar-refractivity contribution in [1.82, 2.24) is 0 Å². The molecule has 1 unspecified atom stereocenters. The smallest absolute Gasteiger partial charge is 0.179 e. The van der Waals surface area contributed by atoms with Gasteiger partial charge >= 0.3 is 0 Å². The van der Waals surface area contributed by atoms with Crippen LogP contribution in [0.1, 0.15) is 36.5 Å². The van der Waals surface area contributed by atoms with Crippen LogP contribution in [0.2, 0.25) is 0 Å². The largest absolute Gasteiger partial charge is 0.356 e. The van der Waals surface area contributed by atoms with Gasteiger partial charge in [-0.2, -0.15) is 0 Å². The molecular weight excluding hydrogens is 833 g/mol. The Morgan fingerprint density at radius 2 is 0.935 bits per heavy atom. The highest BCUT2D eigenvalue weighted by molar-refractivity contribution is 9.10. The molecule has 1 aliphatic carbocycles. The third-order valence-electron chi connectivity index (χ3n) is 13.2. The molecule has 62 heavy (non-hydrogen) atoms. The van der Waals surface area contributed by atoms with Gasteiger partial charge in [-0.05, 0) is 127 Å². The molecule has 1 aliphatic rings. The van der Waals surface area contributed by atoms with Crippen LogP contribution in [-0.4, -0.2) is 8.07 Å². The van der Waals surface area contributed by atoms with Gasteiger partial charge in [0.1, 0.15) is 0 Å². The van der Waals surface area contributed by atoms with E-state index < -0.39 is 8.07 Å². The minimum Gasteiger partial charge on any atom is -0.356 e. The van der Waals surface area contributed by atoms with Gasteiger partial charge in [-0.15, -0.1) is 0 Å². The Morgan fingerprint density at radius 3 is 1.60 bits per heavy atom. The molecule has 0 aromatic heterocycles. The minimum absolute atomic E-state index is 0.218. The SMILES string of the molecule is C[C@H](c1ccc(Nc2ccccc2)cc1)C1(C)c2ccccc2-c2cc(N(c3ccccc3)c3cccc([Si](c4ccccc4)(c4ccccc4)c4cccc(Br)c4)c3)ccc21. The molecule has 0 fully saturated rings. The summed E-state index contributed by atoms with van der Waals surface area (Å²) in [6, 6.07) is 87.1. The highest BCUT2D eigenvalue weighted by atomic mass is 79.9. The van der Waals surface area contributed by atoms with Crippen molar-refractivity contribution >= 4 is 73.2 Å². The Labute approximate surface area is 375 Å². The van der Waals surface area contributed by atoms with Gasteiger partial charge in [0.15, 0.2) is 8.07 Å². The summed E-state index contributed by atoms with van der Waals surface area (Å²) >= 11 is 3.86. The summed E-state index contributed by atoms with van der Waals surface area (Å²) in [4.78, 5) is 2.44. The Balaban J connectivity index is 1.11. The van der Waals surface area contributed by atoms with Gasteiger partial charge in [0.25, 0.3) is 0 Å². The molecule has 2 nitrogen and oxygen atoms in total. The first kappa shape index (κ1) is 39.4. The van der Waals surface area contributed by atoms with Crippen LogP contribution in [0.4, 0.5) is 28.4 Å². The molecular formula is C58H47BrN2Si. The minimum atomic E-state index is -2.82. The predicted octanol–water partition coefficient (Wildman–Crippen LogP) is 13.1. The second-order valence-electron chi connectivity index (χ2n) is 16.5. The molecule has 0 spiro atoms. The number of halogens is 1. The van der Waals surface area contributed by atoms with Crippen LogP contribution >= 0.6 is 15.9 Å². The monoisotopic (exact) mass is 878 g/mol. The van der Waals surface area contributed by atoms with E-state index in [1.54, 1.807) is 0 Å². The van der Waals surface area contributed by atoms with Crippen LogP contribution in [0.25, 0.3) is 11.1 Å². The Hall–Kier alpha value is -6.72. The number of anilines is 5. The summed E-state index contributed by atoms with van der Waals surface area (Å²) < 4.78 is 1.08. The van der Waals surface area contributed by atoms with E-state index in [1.165, 1.54) is 48.6 Å². The van der Waals surface area contributed by atoms with Crippen molar-refractivity contribution in [2.45, 2.75) is 25.2 Å². The summed E-state index contributed by atoms with van der Waals surface area (Å²) in [5.74, 6) is 0.218. The Bertz CT molecular complexity index is 2930. The number of rotatable bonds is 11. The molecule has 0 aliphatic heterocycles. The zero-order chi connectivity index (χ0) is 42.1. The highest BCUT2D eigenvalue weighted by Gasteiger charge is 2.45. The first-order valence-electron chi connectivity index (χ1n) is 21.4. The molecule has 10 rings (SSSR count). The third kappa shape index (κ3) is 6.90. The summed E-state index contributed by atoms with van der Waals surface area (Å²) in [6.07, 6.45) is 0. The van der Waals surface area contributed by atoms with Crippen molar-refractivity contribution in [2.75, 3.05) is 10.2 Å². The van der Waals surface area contributed by atoms with Gasteiger partial charge in [0, 0.05) is 38.3 Å². The first-order chi connectivity index (χ1) is 30.4. The van der Waals surface area contributed by atoms with Crippen molar-refractivity contribution in [3.63, 3.8) is 0 Å². The zero-order valence-electron chi connectivity index (χ0n) is 34.9. The van der Waals surface area contributed by atoms with E-state index in [4.69, 9.17) is 0 Å². The Morgan fingerprint density at radius 1 is 0.435 bits per heavy atom. The van der Waals surface area contributed by atoms with Crippen molar-refractivity contribution in [3.8, 4) is 11.1 Å². The fourth-order valence-electron chi connectivity index (χ4n) is 10.0. The van der Waals surface area contributed by atoms with E-state index in [0.29, 0.717) is 0 Å². The summed E-state index contributed by atoms with van der Waals surface area (Å²) in [6.45, 7) is 4.83. The second kappa shape index (κ2) is 16.6. The molecule has 1 N–H and O–H groups in total. The van der Waals surface area contributed by atoms with E-state index >= 15 is 0 Å². The van der Waals surface area contributed by atoms with Crippen molar-refractivity contribution in [3.05, 3.63) is 258 Å². The maximum atomic E-state index is 3.86. The quantitative estimate of drug-likeness (QED) is 0.103. The maximum Gasteiger partial charge on any atom is 0.179 e. The number of hydrogen-bond donors (Lipinski definition) is 1. The van der Waals surface area contributed by atoms with Gasteiger partial charge in [-0.1, -0.05) is 194 Å². The number of para-hydroxylation sites is 2. The number of nitrogens with zero attached hydrogens (tertiary/aromatic N) is 1. The van der Waals surface area contributed by atoms with E-state index in [9.17, 15) is 0 Å². The normalized spacial score (nSPS) is 14.7. The predicted molar refractivity (Wildman–Crippen MR) is 269 cm³/mol. The van der Waals surface area contributed by atoms with Gasteiger partial charge < -0.3 is 10.2 Å². The van der Waals surface area contributed by atoms with E-state index in [2.05, 4.69) is 271 Å². The number of benzene rings is 9. The van der Waals surface area contributed by atoms with Gasteiger partial charge in [0.2, 0.25) is 0 Å². The zero-order valence-corrected chi connectivity index (χ0v) is 37.5. The van der Waals surface area contributed by atoms with Crippen LogP contribution in [-0.2, 0) is 5.41 Å². The maximum absolute atomic E-state index is 3.86. The molecule has 9 aromatic rings. The average Bonchev–Trinajstić information content (AvgIpc) is 3.59. The molecule has 0 saturated heterocycles. The summed E-state index contributed by atoms with van der Waals surface area (Å²) in [5, 5.41) is 8.90.